The zero-order valence-electron chi connectivity index (χ0n) is 20.4. The standard InChI is InChI=1S/C30H27FN2O4/c1-2-28(34)33-17-16-20-10-13-24(18-26(20)29(33)21-8-11-22(31)12-9-21)36-19-25-14-15-27(37-25)30(35)32-23-6-4-3-5-7-23/h3-15,18,29H,2,16-17,19H2,1H3,(H,32,35). The number of halogens is 1. The fraction of sp³-hybridized carbons (Fsp3) is 0.200. The molecule has 7 heteroatoms. The van der Waals surface area contributed by atoms with Crippen molar-refractivity contribution < 1.29 is 23.1 Å². The van der Waals surface area contributed by atoms with E-state index in [0.717, 1.165) is 23.1 Å². The van der Waals surface area contributed by atoms with Gasteiger partial charge in [-0.25, -0.2) is 4.39 Å². The molecule has 1 aromatic heterocycles. The van der Waals surface area contributed by atoms with E-state index >= 15 is 0 Å². The number of anilines is 1. The molecular formula is C30H27FN2O4. The van der Waals surface area contributed by atoms with E-state index in [2.05, 4.69) is 5.32 Å². The van der Waals surface area contributed by atoms with Crippen molar-refractivity contribution >= 4 is 17.5 Å². The van der Waals surface area contributed by atoms with Crippen molar-refractivity contribution in [2.24, 2.45) is 0 Å². The molecule has 0 radical (unpaired) electrons. The van der Waals surface area contributed by atoms with Crippen LogP contribution in [0.5, 0.6) is 5.75 Å². The van der Waals surface area contributed by atoms with Gasteiger partial charge in [0.2, 0.25) is 5.91 Å². The van der Waals surface area contributed by atoms with Crippen LogP contribution in [0.15, 0.2) is 89.3 Å². The van der Waals surface area contributed by atoms with Crippen LogP contribution in [0.1, 0.15) is 52.4 Å². The first-order chi connectivity index (χ1) is 18.0. The summed E-state index contributed by atoms with van der Waals surface area (Å²) < 4.78 is 25.3. The number of nitrogens with one attached hydrogen (secondary N) is 1. The smallest absolute Gasteiger partial charge is 0.291 e. The van der Waals surface area contributed by atoms with Gasteiger partial charge in [0.05, 0.1) is 6.04 Å². The van der Waals surface area contributed by atoms with Crippen LogP contribution in [0.4, 0.5) is 10.1 Å². The van der Waals surface area contributed by atoms with Crippen LogP contribution < -0.4 is 10.1 Å². The Morgan fingerprint density at radius 2 is 1.81 bits per heavy atom. The third kappa shape index (κ3) is 5.40. The number of carbonyl (C=O) groups excluding carboxylic acids is 2. The van der Waals surface area contributed by atoms with Crippen molar-refractivity contribution in [3.8, 4) is 5.75 Å². The number of para-hydroxylation sites is 1. The van der Waals surface area contributed by atoms with Crippen LogP contribution in [-0.4, -0.2) is 23.3 Å². The highest BCUT2D eigenvalue weighted by Gasteiger charge is 2.31. The molecular weight excluding hydrogens is 471 g/mol. The Hall–Kier alpha value is -4.39. The molecule has 1 aliphatic rings. The van der Waals surface area contributed by atoms with Gasteiger partial charge in [0.15, 0.2) is 5.76 Å². The van der Waals surface area contributed by atoms with Crippen LogP contribution in [0.2, 0.25) is 0 Å². The van der Waals surface area contributed by atoms with Crippen LogP contribution in [0.25, 0.3) is 0 Å². The van der Waals surface area contributed by atoms with Crippen LogP contribution >= 0.6 is 0 Å². The molecule has 0 bridgehead atoms. The summed E-state index contributed by atoms with van der Waals surface area (Å²) in [6.45, 7) is 2.58. The molecule has 4 aromatic rings. The lowest BCUT2D eigenvalue weighted by molar-refractivity contribution is -0.132. The number of carbonyl (C=O) groups is 2. The van der Waals surface area contributed by atoms with E-state index in [1.165, 1.54) is 12.1 Å². The van der Waals surface area contributed by atoms with E-state index in [4.69, 9.17) is 9.15 Å². The Morgan fingerprint density at radius 1 is 1.03 bits per heavy atom. The van der Waals surface area contributed by atoms with Crippen LogP contribution in [0, 0.1) is 5.82 Å². The first-order valence-corrected chi connectivity index (χ1v) is 12.3. The molecule has 0 aliphatic carbocycles. The lowest BCUT2D eigenvalue weighted by atomic mass is 9.87. The average Bonchev–Trinajstić information content (AvgIpc) is 3.41. The number of ether oxygens (including phenoxy) is 1. The molecule has 188 valence electrons. The van der Waals surface area contributed by atoms with Crippen molar-refractivity contribution in [2.75, 3.05) is 11.9 Å². The highest BCUT2D eigenvalue weighted by Crippen LogP contribution is 2.37. The average molecular weight is 499 g/mol. The second-order valence-electron chi connectivity index (χ2n) is 8.88. The molecule has 3 aromatic carbocycles. The summed E-state index contributed by atoms with van der Waals surface area (Å²) in [7, 11) is 0. The lowest BCUT2D eigenvalue weighted by Gasteiger charge is -2.38. The maximum absolute atomic E-state index is 13.6. The van der Waals surface area contributed by atoms with Gasteiger partial charge in [-0.1, -0.05) is 43.3 Å². The van der Waals surface area contributed by atoms with Crippen LogP contribution in [-0.2, 0) is 17.8 Å². The number of hydrogen-bond donors (Lipinski definition) is 1. The quantitative estimate of drug-likeness (QED) is 0.333. The maximum Gasteiger partial charge on any atom is 0.291 e. The van der Waals surface area contributed by atoms with Gasteiger partial charge in [0.25, 0.3) is 5.91 Å². The predicted octanol–water partition coefficient (Wildman–Crippen LogP) is 6.13. The van der Waals surface area contributed by atoms with Gasteiger partial charge in [-0.2, -0.15) is 0 Å². The second kappa shape index (κ2) is 10.7. The Bertz CT molecular complexity index is 1400. The molecule has 0 spiro atoms. The van der Waals surface area contributed by atoms with E-state index in [9.17, 15) is 14.0 Å². The number of benzene rings is 3. The van der Waals surface area contributed by atoms with Gasteiger partial charge in [-0.05, 0) is 71.6 Å². The highest BCUT2D eigenvalue weighted by molar-refractivity contribution is 6.02. The van der Waals surface area contributed by atoms with Crippen molar-refractivity contribution in [3.05, 3.63) is 119 Å². The van der Waals surface area contributed by atoms with Crippen LogP contribution in [0.3, 0.4) is 0 Å². The second-order valence-corrected chi connectivity index (χ2v) is 8.88. The molecule has 1 atom stereocenters. The molecule has 2 heterocycles. The molecule has 6 nitrogen and oxygen atoms in total. The molecule has 0 fully saturated rings. The molecule has 1 aliphatic heterocycles. The predicted molar refractivity (Wildman–Crippen MR) is 138 cm³/mol. The molecule has 37 heavy (non-hydrogen) atoms. The monoisotopic (exact) mass is 498 g/mol. The Balaban J connectivity index is 1.33. The third-order valence-electron chi connectivity index (χ3n) is 6.45. The maximum atomic E-state index is 13.6. The number of amides is 2. The Morgan fingerprint density at radius 3 is 2.57 bits per heavy atom. The molecule has 0 saturated heterocycles. The zero-order chi connectivity index (χ0) is 25.8. The summed E-state index contributed by atoms with van der Waals surface area (Å²) in [6, 6.07) is 24.3. The van der Waals surface area contributed by atoms with E-state index in [1.54, 1.807) is 36.4 Å². The summed E-state index contributed by atoms with van der Waals surface area (Å²) in [6.07, 6.45) is 1.12. The van der Waals surface area contributed by atoms with E-state index in [1.807, 2.05) is 48.2 Å². The Labute approximate surface area is 214 Å². The largest absolute Gasteiger partial charge is 0.486 e. The molecule has 5 rings (SSSR count). The van der Waals surface area contributed by atoms with Crippen molar-refractivity contribution in [3.63, 3.8) is 0 Å². The minimum absolute atomic E-state index is 0.0446. The fourth-order valence-corrected chi connectivity index (χ4v) is 4.61. The fourth-order valence-electron chi connectivity index (χ4n) is 4.61. The summed E-state index contributed by atoms with van der Waals surface area (Å²) in [5, 5.41) is 2.79. The number of rotatable bonds is 7. The van der Waals surface area contributed by atoms with Crippen molar-refractivity contribution in [1.29, 1.82) is 0 Å². The Kier molecular flexibility index (Phi) is 7.03. The van der Waals surface area contributed by atoms with Gasteiger partial charge in [0.1, 0.15) is 23.9 Å². The van der Waals surface area contributed by atoms with Gasteiger partial charge < -0.3 is 19.4 Å². The van der Waals surface area contributed by atoms with Crippen molar-refractivity contribution in [1.82, 2.24) is 4.90 Å². The zero-order valence-corrected chi connectivity index (χ0v) is 20.4. The van der Waals surface area contributed by atoms with Gasteiger partial charge in [-0.15, -0.1) is 0 Å². The molecule has 2 amide bonds. The van der Waals surface area contributed by atoms with E-state index in [-0.39, 0.29) is 36.0 Å². The molecule has 0 saturated carbocycles. The topological polar surface area (TPSA) is 71.8 Å². The minimum Gasteiger partial charge on any atom is -0.486 e. The summed E-state index contributed by atoms with van der Waals surface area (Å²) in [4.78, 5) is 27.1. The minimum atomic E-state index is -0.339. The summed E-state index contributed by atoms with van der Waals surface area (Å²) in [5.41, 5.74) is 3.61. The number of nitrogens with zero attached hydrogens (tertiary/aromatic N) is 1. The number of hydrogen-bond acceptors (Lipinski definition) is 4. The van der Waals surface area contributed by atoms with E-state index < -0.39 is 0 Å². The summed E-state index contributed by atoms with van der Waals surface area (Å²) >= 11 is 0. The molecule has 1 N–H and O–H groups in total. The lowest BCUT2D eigenvalue weighted by Crippen LogP contribution is -2.40. The molecule has 1 unspecified atom stereocenters. The first kappa shape index (κ1) is 24.3. The summed E-state index contributed by atoms with van der Waals surface area (Å²) in [5.74, 6) is 0.702. The first-order valence-electron chi connectivity index (χ1n) is 12.3. The number of fused-ring (bicyclic) bond motifs is 1. The number of furan rings is 1. The van der Waals surface area contributed by atoms with Gasteiger partial charge in [0, 0.05) is 18.7 Å². The normalized spacial score (nSPS) is 14.6. The SMILES string of the molecule is CCC(=O)N1CCc2ccc(OCc3ccc(C(=O)Nc4ccccc4)o3)cc2C1c1ccc(F)cc1. The highest BCUT2D eigenvalue weighted by atomic mass is 19.1. The van der Waals surface area contributed by atoms with E-state index in [0.29, 0.717) is 30.2 Å². The third-order valence-corrected chi connectivity index (χ3v) is 6.45. The van der Waals surface area contributed by atoms with Gasteiger partial charge in [-0.3, -0.25) is 9.59 Å². The van der Waals surface area contributed by atoms with Crippen molar-refractivity contribution in [2.45, 2.75) is 32.4 Å². The van der Waals surface area contributed by atoms with Gasteiger partial charge >= 0.3 is 0 Å².